The van der Waals surface area contributed by atoms with E-state index in [2.05, 4.69) is 30.9 Å². The van der Waals surface area contributed by atoms with E-state index in [1.807, 2.05) is 4.90 Å². The molecule has 0 bridgehead atoms. The van der Waals surface area contributed by atoms with Crippen LogP contribution in [0.4, 0.5) is 0 Å². The molecule has 0 aliphatic carbocycles. The predicted molar refractivity (Wildman–Crippen MR) is 66.5 cm³/mol. The Balaban J connectivity index is 0.000000181. The molecule has 2 heterocycles. The first kappa shape index (κ1) is 13.5. The Hall–Kier alpha value is -0.610. The molecular formula is C12H25N3O. The summed E-state index contributed by atoms with van der Waals surface area (Å²) in [7, 11) is 6.28. The molecule has 0 spiro atoms. The molecule has 1 atom stereocenters. The fraction of sp³-hybridized carbons (Fsp3) is 0.917. The van der Waals surface area contributed by atoms with Gasteiger partial charge in [0, 0.05) is 19.1 Å². The lowest BCUT2D eigenvalue weighted by Crippen LogP contribution is -2.30. The molecule has 0 saturated carbocycles. The van der Waals surface area contributed by atoms with Gasteiger partial charge in [0.1, 0.15) is 0 Å². The van der Waals surface area contributed by atoms with E-state index in [0.717, 1.165) is 25.9 Å². The third kappa shape index (κ3) is 4.49. The Morgan fingerprint density at radius 1 is 1.19 bits per heavy atom. The zero-order valence-electron chi connectivity index (χ0n) is 10.9. The number of hydrogen-bond acceptors (Lipinski definition) is 3. The van der Waals surface area contributed by atoms with Crippen LogP contribution in [0, 0.1) is 0 Å². The molecule has 4 nitrogen and oxygen atoms in total. The van der Waals surface area contributed by atoms with Crippen molar-refractivity contribution in [3.63, 3.8) is 0 Å². The van der Waals surface area contributed by atoms with Crippen LogP contribution in [0.2, 0.25) is 0 Å². The van der Waals surface area contributed by atoms with Gasteiger partial charge in [-0.3, -0.25) is 4.79 Å². The lowest BCUT2D eigenvalue weighted by Gasteiger charge is -2.17. The van der Waals surface area contributed by atoms with E-state index in [1.165, 1.54) is 25.9 Å². The molecule has 4 heteroatoms. The van der Waals surface area contributed by atoms with Crippen molar-refractivity contribution in [3.05, 3.63) is 0 Å². The van der Waals surface area contributed by atoms with Gasteiger partial charge < -0.3 is 14.7 Å². The van der Waals surface area contributed by atoms with Crippen molar-refractivity contribution in [1.82, 2.24) is 14.7 Å². The minimum atomic E-state index is 0.574. The summed E-state index contributed by atoms with van der Waals surface area (Å²) in [6.07, 6.45) is 4.88. The number of rotatable bonds is 2. The standard InChI is InChI=1S/C7H14N2O.C5H11N/c1-8(2)7-3-4-9(5-7)6-10;1-6-4-2-3-5-6/h6-7H,3-5H2,1-2H3;2-5H2,1H3/t7-;/m1./s1. The van der Waals surface area contributed by atoms with E-state index in [4.69, 9.17) is 0 Å². The Bertz CT molecular complexity index is 202. The van der Waals surface area contributed by atoms with Gasteiger partial charge in [0.05, 0.1) is 0 Å². The predicted octanol–water partition coefficient (Wildman–Crippen LogP) is 0.491. The smallest absolute Gasteiger partial charge is 0.209 e. The van der Waals surface area contributed by atoms with Crippen LogP contribution < -0.4 is 0 Å². The maximum Gasteiger partial charge on any atom is 0.209 e. The minimum absolute atomic E-state index is 0.574. The molecule has 0 aromatic carbocycles. The second kappa shape index (κ2) is 6.86. The normalized spacial score (nSPS) is 25.8. The molecule has 16 heavy (non-hydrogen) atoms. The maximum absolute atomic E-state index is 10.3. The van der Waals surface area contributed by atoms with Gasteiger partial charge in [-0.2, -0.15) is 0 Å². The molecule has 0 unspecified atom stereocenters. The van der Waals surface area contributed by atoms with Gasteiger partial charge in [-0.15, -0.1) is 0 Å². The molecule has 0 N–H and O–H groups in total. The van der Waals surface area contributed by atoms with Gasteiger partial charge in [0.15, 0.2) is 0 Å². The first-order valence-corrected chi connectivity index (χ1v) is 6.18. The van der Waals surface area contributed by atoms with Crippen LogP contribution >= 0.6 is 0 Å². The lowest BCUT2D eigenvalue weighted by atomic mass is 10.2. The zero-order valence-corrected chi connectivity index (χ0v) is 10.9. The molecule has 2 rings (SSSR count). The van der Waals surface area contributed by atoms with Crippen LogP contribution in [0.3, 0.4) is 0 Å². The van der Waals surface area contributed by atoms with Crippen LogP contribution in [0.1, 0.15) is 19.3 Å². The van der Waals surface area contributed by atoms with E-state index >= 15 is 0 Å². The van der Waals surface area contributed by atoms with E-state index in [1.54, 1.807) is 0 Å². The molecular weight excluding hydrogens is 202 g/mol. The van der Waals surface area contributed by atoms with Crippen LogP contribution in [0.25, 0.3) is 0 Å². The van der Waals surface area contributed by atoms with Crippen molar-refractivity contribution < 1.29 is 4.79 Å². The molecule has 0 radical (unpaired) electrons. The topological polar surface area (TPSA) is 26.8 Å². The Labute approximate surface area is 99.2 Å². The van der Waals surface area contributed by atoms with E-state index < -0.39 is 0 Å². The molecule has 2 saturated heterocycles. The largest absolute Gasteiger partial charge is 0.344 e. The van der Waals surface area contributed by atoms with Crippen LogP contribution in [0.5, 0.6) is 0 Å². The average Bonchev–Trinajstić information content (AvgIpc) is 2.88. The highest BCUT2D eigenvalue weighted by Crippen LogP contribution is 2.10. The van der Waals surface area contributed by atoms with Crippen molar-refractivity contribution in [2.45, 2.75) is 25.3 Å². The number of carbonyl (C=O) groups is 1. The van der Waals surface area contributed by atoms with Gasteiger partial charge in [0.2, 0.25) is 6.41 Å². The van der Waals surface area contributed by atoms with Gasteiger partial charge >= 0.3 is 0 Å². The van der Waals surface area contributed by atoms with Crippen molar-refractivity contribution >= 4 is 6.41 Å². The third-order valence-electron chi connectivity index (χ3n) is 3.40. The summed E-state index contributed by atoms with van der Waals surface area (Å²) in [5.41, 5.74) is 0. The highest BCUT2D eigenvalue weighted by atomic mass is 16.1. The van der Waals surface area contributed by atoms with Gasteiger partial charge in [-0.25, -0.2) is 0 Å². The van der Waals surface area contributed by atoms with Crippen molar-refractivity contribution in [3.8, 4) is 0 Å². The summed E-state index contributed by atoms with van der Waals surface area (Å²) in [5.74, 6) is 0. The van der Waals surface area contributed by atoms with Crippen LogP contribution in [-0.4, -0.2) is 74.5 Å². The molecule has 2 aliphatic heterocycles. The first-order valence-electron chi connectivity index (χ1n) is 6.18. The average molecular weight is 227 g/mol. The summed E-state index contributed by atoms with van der Waals surface area (Å²) in [6.45, 7) is 4.46. The van der Waals surface area contributed by atoms with Crippen molar-refractivity contribution in [2.75, 3.05) is 47.3 Å². The molecule has 2 aliphatic rings. The number of hydrogen-bond donors (Lipinski definition) is 0. The second-order valence-corrected chi connectivity index (χ2v) is 5.02. The van der Waals surface area contributed by atoms with Gasteiger partial charge in [-0.1, -0.05) is 0 Å². The fourth-order valence-electron chi connectivity index (χ4n) is 2.16. The molecule has 0 aromatic rings. The highest BCUT2D eigenvalue weighted by Gasteiger charge is 2.21. The second-order valence-electron chi connectivity index (χ2n) is 5.02. The third-order valence-corrected chi connectivity index (χ3v) is 3.40. The Morgan fingerprint density at radius 3 is 2.06 bits per heavy atom. The number of likely N-dealkylation sites (tertiary alicyclic amines) is 2. The summed E-state index contributed by atoms with van der Waals surface area (Å²) in [4.78, 5) is 16.6. The lowest BCUT2D eigenvalue weighted by molar-refractivity contribution is -0.117. The summed E-state index contributed by atoms with van der Waals surface area (Å²) in [6, 6.07) is 0.574. The highest BCUT2D eigenvalue weighted by molar-refractivity contribution is 5.47. The number of nitrogens with zero attached hydrogens (tertiary/aromatic N) is 3. The molecule has 1 amide bonds. The van der Waals surface area contributed by atoms with Crippen LogP contribution in [-0.2, 0) is 4.79 Å². The number of carbonyl (C=O) groups excluding carboxylic acids is 1. The first-order chi connectivity index (χ1) is 7.63. The quantitative estimate of drug-likeness (QED) is 0.642. The Kier molecular flexibility index (Phi) is 5.77. The minimum Gasteiger partial charge on any atom is -0.344 e. The van der Waals surface area contributed by atoms with Crippen LogP contribution in [0.15, 0.2) is 0 Å². The summed E-state index contributed by atoms with van der Waals surface area (Å²) >= 11 is 0. The monoisotopic (exact) mass is 227 g/mol. The van der Waals surface area contributed by atoms with E-state index in [-0.39, 0.29) is 0 Å². The van der Waals surface area contributed by atoms with E-state index in [9.17, 15) is 4.79 Å². The fourth-order valence-corrected chi connectivity index (χ4v) is 2.16. The number of likely N-dealkylation sites (N-methyl/N-ethyl adjacent to an activating group) is 1. The SMILES string of the molecule is CN(C)[C@@H]1CCN(C=O)C1.CN1CCCC1. The molecule has 0 aromatic heterocycles. The zero-order chi connectivity index (χ0) is 12.0. The van der Waals surface area contributed by atoms with Gasteiger partial charge in [0.25, 0.3) is 0 Å². The molecule has 2 fully saturated rings. The maximum atomic E-state index is 10.3. The molecule has 94 valence electrons. The summed E-state index contributed by atoms with van der Waals surface area (Å²) < 4.78 is 0. The van der Waals surface area contributed by atoms with Crippen molar-refractivity contribution in [1.29, 1.82) is 0 Å². The van der Waals surface area contributed by atoms with E-state index in [0.29, 0.717) is 6.04 Å². The number of amides is 1. The van der Waals surface area contributed by atoms with Crippen molar-refractivity contribution in [2.24, 2.45) is 0 Å². The summed E-state index contributed by atoms with van der Waals surface area (Å²) in [5, 5.41) is 0. The van der Waals surface area contributed by atoms with Gasteiger partial charge in [-0.05, 0) is 53.5 Å². The Morgan fingerprint density at radius 2 is 1.81 bits per heavy atom.